The van der Waals surface area contributed by atoms with Crippen molar-refractivity contribution < 1.29 is 23.8 Å². The first-order chi connectivity index (χ1) is 14.1. The molecular formula is C19H24N4O5S. The van der Waals surface area contributed by atoms with Crippen LogP contribution in [-0.2, 0) is 27.6 Å². The number of rotatable bonds is 9. The van der Waals surface area contributed by atoms with Gasteiger partial charge in [0.15, 0.2) is 0 Å². The number of methoxy groups -OCH3 is 3. The van der Waals surface area contributed by atoms with E-state index in [9.17, 15) is 9.59 Å². The second-order valence-electron chi connectivity index (χ2n) is 6.29. The third-order valence-electron chi connectivity index (χ3n) is 4.43. The Kier molecular flexibility index (Phi) is 6.99. The van der Waals surface area contributed by atoms with Crippen molar-refractivity contribution in [3.8, 4) is 11.5 Å². The summed E-state index contributed by atoms with van der Waals surface area (Å²) in [6, 6.07) is 4.98. The maximum absolute atomic E-state index is 12.9. The number of thioether (sulfide) groups is 1. The van der Waals surface area contributed by atoms with E-state index in [1.807, 2.05) is 0 Å². The summed E-state index contributed by atoms with van der Waals surface area (Å²) in [5.41, 5.74) is 2.20. The van der Waals surface area contributed by atoms with Gasteiger partial charge in [0.2, 0.25) is 5.91 Å². The summed E-state index contributed by atoms with van der Waals surface area (Å²) in [4.78, 5) is 25.2. The molecule has 0 fully saturated rings. The molecular weight excluding hydrogens is 396 g/mol. The number of benzene rings is 1. The maximum atomic E-state index is 12.9. The molecule has 29 heavy (non-hydrogen) atoms. The Morgan fingerprint density at radius 3 is 2.76 bits per heavy atom. The van der Waals surface area contributed by atoms with Crippen LogP contribution in [0.15, 0.2) is 18.2 Å². The fourth-order valence-corrected chi connectivity index (χ4v) is 4.00. The molecule has 0 aliphatic carbocycles. The summed E-state index contributed by atoms with van der Waals surface area (Å²) in [5, 5.41) is 10.2. The SMILES string of the molecule is COCCNC(=O)Cn1nc2c(c1NC(=O)c1ccc(OC)cc1OC)CSC2. The van der Waals surface area contributed by atoms with Crippen molar-refractivity contribution in [3.05, 3.63) is 35.0 Å². The monoisotopic (exact) mass is 420 g/mol. The van der Waals surface area contributed by atoms with E-state index in [1.54, 1.807) is 48.9 Å². The largest absolute Gasteiger partial charge is 0.497 e. The number of anilines is 1. The number of ether oxygens (including phenoxy) is 3. The van der Waals surface area contributed by atoms with Gasteiger partial charge in [-0.1, -0.05) is 0 Å². The topological polar surface area (TPSA) is 104 Å². The molecule has 9 nitrogen and oxygen atoms in total. The van der Waals surface area contributed by atoms with Gasteiger partial charge in [-0.15, -0.1) is 0 Å². The summed E-state index contributed by atoms with van der Waals surface area (Å²) >= 11 is 1.72. The Balaban J connectivity index is 1.81. The smallest absolute Gasteiger partial charge is 0.260 e. The first-order valence-corrected chi connectivity index (χ1v) is 10.2. The minimum absolute atomic E-state index is 0.0107. The number of hydrogen-bond acceptors (Lipinski definition) is 7. The van der Waals surface area contributed by atoms with Gasteiger partial charge < -0.3 is 24.8 Å². The number of nitrogens with zero attached hydrogens (tertiary/aromatic N) is 2. The molecule has 1 aliphatic rings. The number of nitrogens with one attached hydrogen (secondary N) is 2. The molecule has 0 saturated heterocycles. The average Bonchev–Trinajstić information content (AvgIpc) is 3.30. The molecule has 0 spiro atoms. The zero-order valence-electron chi connectivity index (χ0n) is 16.6. The Morgan fingerprint density at radius 1 is 1.21 bits per heavy atom. The molecule has 2 N–H and O–H groups in total. The molecule has 156 valence electrons. The van der Waals surface area contributed by atoms with Crippen LogP contribution < -0.4 is 20.1 Å². The first-order valence-electron chi connectivity index (χ1n) is 9.02. The zero-order chi connectivity index (χ0) is 20.8. The van der Waals surface area contributed by atoms with Crippen LogP contribution in [0, 0.1) is 0 Å². The van der Waals surface area contributed by atoms with Crippen molar-refractivity contribution in [3.63, 3.8) is 0 Å². The normalized spacial score (nSPS) is 12.4. The summed E-state index contributed by atoms with van der Waals surface area (Å²) in [7, 11) is 4.61. The Bertz CT molecular complexity index is 899. The molecule has 3 rings (SSSR count). The fraction of sp³-hybridized carbons (Fsp3) is 0.421. The zero-order valence-corrected chi connectivity index (χ0v) is 17.4. The number of carbonyl (C=O) groups excluding carboxylic acids is 2. The number of hydrogen-bond donors (Lipinski definition) is 2. The summed E-state index contributed by atoms with van der Waals surface area (Å²) in [5.74, 6) is 2.47. The lowest BCUT2D eigenvalue weighted by Crippen LogP contribution is -2.31. The molecule has 0 radical (unpaired) electrons. The van der Waals surface area contributed by atoms with E-state index >= 15 is 0 Å². The lowest BCUT2D eigenvalue weighted by molar-refractivity contribution is -0.122. The van der Waals surface area contributed by atoms with Crippen LogP contribution in [0.5, 0.6) is 11.5 Å². The number of amides is 2. The molecule has 0 atom stereocenters. The molecule has 0 saturated carbocycles. The highest BCUT2D eigenvalue weighted by molar-refractivity contribution is 7.98. The van der Waals surface area contributed by atoms with Crippen molar-refractivity contribution in [2.24, 2.45) is 0 Å². The van der Waals surface area contributed by atoms with E-state index in [4.69, 9.17) is 14.2 Å². The van der Waals surface area contributed by atoms with E-state index < -0.39 is 0 Å². The van der Waals surface area contributed by atoms with Gasteiger partial charge in [0, 0.05) is 36.8 Å². The second-order valence-corrected chi connectivity index (χ2v) is 7.27. The van der Waals surface area contributed by atoms with Crippen molar-refractivity contribution in [1.29, 1.82) is 0 Å². The molecule has 2 aromatic rings. The Morgan fingerprint density at radius 2 is 2.03 bits per heavy atom. The number of carbonyl (C=O) groups is 2. The lowest BCUT2D eigenvalue weighted by Gasteiger charge is -2.13. The number of fused-ring (bicyclic) bond motifs is 1. The molecule has 10 heteroatoms. The van der Waals surface area contributed by atoms with Crippen molar-refractivity contribution >= 4 is 29.4 Å². The molecule has 1 aromatic carbocycles. The molecule has 2 amide bonds. The van der Waals surface area contributed by atoms with E-state index in [0.29, 0.717) is 36.0 Å². The van der Waals surface area contributed by atoms with Gasteiger partial charge in [0.05, 0.1) is 32.1 Å². The van der Waals surface area contributed by atoms with Gasteiger partial charge in [-0.25, -0.2) is 4.68 Å². The van der Waals surface area contributed by atoms with Crippen molar-refractivity contribution in [2.75, 3.05) is 39.8 Å². The van der Waals surface area contributed by atoms with Crippen LogP contribution in [0.2, 0.25) is 0 Å². The molecule has 1 aromatic heterocycles. The van der Waals surface area contributed by atoms with Crippen molar-refractivity contribution in [2.45, 2.75) is 18.1 Å². The van der Waals surface area contributed by atoms with Gasteiger partial charge in [-0.05, 0) is 12.1 Å². The van der Waals surface area contributed by atoms with E-state index in [2.05, 4.69) is 15.7 Å². The maximum Gasteiger partial charge on any atom is 0.260 e. The van der Waals surface area contributed by atoms with Gasteiger partial charge in [-0.2, -0.15) is 16.9 Å². The second kappa shape index (κ2) is 9.66. The highest BCUT2D eigenvalue weighted by Gasteiger charge is 2.26. The molecule has 2 heterocycles. The predicted molar refractivity (Wildman–Crippen MR) is 110 cm³/mol. The minimum atomic E-state index is -0.342. The van der Waals surface area contributed by atoms with Gasteiger partial charge >= 0.3 is 0 Å². The highest BCUT2D eigenvalue weighted by Crippen LogP contribution is 2.35. The van der Waals surface area contributed by atoms with Crippen molar-refractivity contribution in [1.82, 2.24) is 15.1 Å². The molecule has 0 bridgehead atoms. The first kappa shape index (κ1) is 21.0. The van der Waals surface area contributed by atoms with E-state index in [1.165, 1.54) is 7.11 Å². The van der Waals surface area contributed by atoms with Crippen LogP contribution in [0.4, 0.5) is 5.82 Å². The average molecular weight is 420 g/mol. The van der Waals surface area contributed by atoms with E-state index in [0.717, 1.165) is 22.8 Å². The molecule has 0 unspecified atom stereocenters. The third kappa shape index (κ3) is 4.83. The summed E-state index contributed by atoms with van der Waals surface area (Å²) < 4.78 is 17.0. The lowest BCUT2D eigenvalue weighted by atomic mass is 10.1. The number of aromatic nitrogens is 2. The Labute approximate surface area is 173 Å². The standard InChI is InChI=1S/C19H24N4O5S/c1-26-7-6-20-17(24)9-23-18(14-10-29-11-15(14)22-23)21-19(25)13-5-4-12(27-2)8-16(13)28-3/h4-5,8H,6-7,9-11H2,1-3H3,(H,20,24)(H,21,25). The summed E-state index contributed by atoms with van der Waals surface area (Å²) in [6.07, 6.45) is 0. The van der Waals surface area contributed by atoms with Crippen LogP contribution in [0.1, 0.15) is 21.6 Å². The van der Waals surface area contributed by atoms with Crippen LogP contribution >= 0.6 is 11.8 Å². The quantitative estimate of drug-likeness (QED) is 0.595. The van der Waals surface area contributed by atoms with Gasteiger partial charge in [-0.3, -0.25) is 9.59 Å². The predicted octanol–water partition coefficient (Wildman–Crippen LogP) is 1.66. The van der Waals surface area contributed by atoms with Crippen LogP contribution in [-0.4, -0.2) is 56.1 Å². The van der Waals surface area contributed by atoms with Crippen LogP contribution in [0.25, 0.3) is 0 Å². The Hall–Kier alpha value is -2.72. The van der Waals surface area contributed by atoms with Crippen LogP contribution in [0.3, 0.4) is 0 Å². The minimum Gasteiger partial charge on any atom is -0.497 e. The van der Waals surface area contributed by atoms with Gasteiger partial charge in [0.1, 0.15) is 23.9 Å². The fourth-order valence-electron chi connectivity index (χ4n) is 2.97. The molecule has 1 aliphatic heterocycles. The highest BCUT2D eigenvalue weighted by atomic mass is 32.2. The summed E-state index contributed by atoms with van der Waals surface area (Å²) in [6.45, 7) is 0.854. The van der Waals surface area contributed by atoms with Gasteiger partial charge in [0.25, 0.3) is 5.91 Å². The third-order valence-corrected chi connectivity index (χ3v) is 5.40. The van der Waals surface area contributed by atoms with E-state index in [-0.39, 0.29) is 18.4 Å².